The van der Waals surface area contributed by atoms with Gasteiger partial charge in [0.2, 0.25) is 5.91 Å². The fourth-order valence-electron chi connectivity index (χ4n) is 5.50. The Morgan fingerprint density at radius 3 is 2.65 bits per heavy atom. The van der Waals surface area contributed by atoms with E-state index in [1.54, 1.807) is 11.3 Å². The van der Waals surface area contributed by atoms with E-state index in [1.165, 1.54) is 44.9 Å². The Morgan fingerprint density at radius 1 is 1.13 bits per heavy atom. The summed E-state index contributed by atoms with van der Waals surface area (Å²) in [5.41, 5.74) is 1.92. The average molecular weight is 435 g/mol. The summed E-state index contributed by atoms with van der Waals surface area (Å²) in [5.74, 6) is 1.06. The Balaban J connectivity index is 1.31. The number of hydrogen-bond acceptors (Lipinski definition) is 5. The number of aryl methyl sites for hydroxylation is 1. The zero-order chi connectivity index (χ0) is 21.4. The number of carbonyl (C=O) groups excluding carboxylic acids is 1. The van der Waals surface area contributed by atoms with Gasteiger partial charge in [0.25, 0.3) is 0 Å². The van der Waals surface area contributed by atoms with Gasteiger partial charge >= 0.3 is 0 Å². The number of carbonyl (C=O) groups is 1. The van der Waals surface area contributed by atoms with Crippen LogP contribution in [0.3, 0.4) is 0 Å². The fourth-order valence-corrected chi connectivity index (χ4v) is 6.19. The van der Waals surface area contributed by atoms with Crippen molar-refractivity contribution in [3.63, 3.8) is 0 Å². The standard InChI is InChI=1S/C25H30N4OS/c1-3-4-5-17-10-22-8-9-23(11-17)29(22)24(30)14-21-13-20-12-18(6-7-19(20)15-26-21)25-28-27-16(2)31-25/h6-7,12-13,15,17,22-23H,3-5,8-11,14H2,1-2H3/t17?,22-,23+. The van der Waals surface area contributed by atoms with E-state index in [0.717, 1.165) is 38.0 Å². The highest BCUT2D eigenvalue weighted by Crippen LogP contribution is 2.40. The van der Waals surface area contributed by atoms with Crippen molar-refractivity contribution in [2.24, 2.45) is 5.92 Å². The van der Waals surface area contributed by atoms with Crippen LogP contribution in [0.25, 0.3) is 21.3 Å². The van der Waals surface area contributed by atoms with Gasteiger partial charge in [-0.05, 0) is 56.0 Å². The molecule has 3 atom stereocenters. The third kappa shape index (κ3) is 4.22. The smallest absolute Gasteiger partial charge is 0.229 e. The summed E-state index contributed by atoms with van der Waals surface area (Å²) in [6.07, 6.45) is 10.9. The summed E-state index contributed by atoms with van der Waals surface area (Å²) in [6.45, 7) is 4.23. The maximum atomic E-state index is 13.2. The maximum absolute atomic E-state index is 13.2. The Kier molecular flexibility index (Phi) is 5.74. The lowest BCUT2D eigenvalue weighted by Crippen LogP contribution is -2.47. The van der Waals surface area contributed by atoms with Gasteiger partial charge in [0.15, 0.2) is 0 Å². The van der Waals surface area contributed by atoms with Crippen LogP contribution in [0.15, 0.2) is 30.5 Å². The molecular weight excluding hydrogens is 404 g/mol. The molecule has 4 heterocycles. The Bertz CT molecular complexity index is 1080. The molecular formula is C25H30N4OS. The summed E-state index contributed by atoms with van der Waals surface area (Å²) < 4.78 is 0. The molecule has 0 radical (unpaired) electrons. The number of amides is 1. The van der Waals surface area contributed by atoms with Crippen molar-refractivity contribution in [1.82, 2.24) is 20.1 Å². The van der Waals surface area contributed by atoms with Gasteiger partial charge in [-0.2, -0.15) is 0 Å². The quantitative estimate of drug-likeness (QED) is 0.509. The molecule has 3 aromatic rings. The van der Waals surface area contributed by atoms with Gasteiger partial charge in [0, 0.05) is 29.2 Å². The van der Waals surface area contributed by atoms with Crippen molar-refractivity contribution in [2.45, 2.75) is 77.3 Å². The van der Waals surface area contributed by atoms with E-state index in [1.807, 2.05) is 13.1 Å². The predicted molar refractivity (Wildman–Crippen MR) is 125 cm³/mol. The second-order valence-corrected chi connectivity index (χ2v) is 10.4. The lowest BCUT2D eigenvalue weighted by atomic mass is 9.86. The largest absolute Gasteiger partial charge is 0.336 e. The molecule has 0 N–H and O–H groups in total. The van der Waals surface area contributed by atoms with Crippen LogP contribution in [-0.2, 0) is 11.2 Å². The number of unbranched alkanes of at least 4 members (excludes halogenated alkanes) is 1. The van der Waals surface area contributed by atoms with Crippen molar-refractivity contribution < 1.29 is 4.79 Å². The number of fused-ring (bicyclic) bond motifs is 3. The van der Waals surface area contributed by atoms with Gasteiger partial charge in [-0.1, -0.05) is 49.7 Å². The topological polar surface area (TPSA) is 59.0 Å². The lowest BCUT2D eigenvalue weighted by molar-refractivity contribution is -0.135. The molecule has 2 aromatic heterocycles. The van der Waals surface area contributed by atoms with Gasteiger partial charge in [-0.15, -0.1) is 10.2 Å². The number of aromatic nitrogens is 3. The molecule has 5 nitrogen and oxygen atoms in total. The van der Waals surface area contributed by atoms with Gasteiger partial charge < -0.3 is 4.90 Å². The van der Waals surface area contributed by atoms with Gasteiger partial charge in [-0.25, -0.2) is 0 Å². The zero-order valence-corrected chi connectivity index (χ0v) is 19.2. The minimum absolute atomic E-state index is 0.254. The minimum atomic E-state index is 0.254. The van der Waals surface area contributed by atoms with E-state index in [4.69, 9.17) is 0 Å². The molecule has 1 unspecified atom stereocenters. The molecule has 5 rings (SSSR count). The molecule has 1 aromatic carbocycles. The number of nitrogens with zero attached hydrogens (tertiary/aromatic N) is 4. The highest BCUT2D eigenvalue weighted by Gasteiger charge is 2.42. The number of benzene rings is 1. The van der Waals surface area contributed by atoms with Crippen molar-refractivity contribution in [2.75, 3.05) is 0 Å². The van der Waals surface area contributed by atoms with Gasteiger partial charge in [-0.3, -0.25) is 9.78 Å². The molecule has 2 saturated heterocycles. The van der Waals surface area contributed by atoms with E-state index in [0.29, 0.717) is 18.5 Å². The van der Waals surface area contributed by atoms with Crippen LogP contribution >= 0.6 is 11.3 Å². The predicted octanol–water partition coefficient (Wildman–Crippen LogP) is 5.56. The summed E-state index contributed by atoms with van der Waals surface area (Å²) in [6, 6.07) is 9.23. The normalized spacial score (nSPS) is 22.9. The maximum Gasteiger partial charge on any atom is 0.229 e. The second kappa shape index (κ2) is 8.65. The lowest BCUT2D eigenvalue weighted by Gasteiger charge is -2.39. The summed E-state index contributed by atoms with van der Waals surface area (Å²) in [7, 11) is 0. The fraction of sp³-hybridized carbons (Fsp3) is 0.520. The van der Waals surface area contributed by atoms with Crippen LogP contribution in [0.5, 0.6) is 0 Å². The molecule has 0 spiro atoms. The highest BCUT2D eigenvalue weighted by atomic mass is 32.1. The van der Waals surface area contributed by atoms with Gasteiger partial charge in [0.05, 0.1) is 12.1 Å². The first kappa shape index (κ1) is 20.6. The number of pyridine rings is 1. The van der Waals surface area contributed by atoms with Gasteiger partial charge in [0.1, 0.15) is 10.0 Å². The SMILES string of the molecule is CCCCC1C[C@H]2CC[C@@H](C1)N2C(=O)Cc1cc2cc(-c3nnc(C)s3)ccc2cn1. The zero-order valence-electron chi connectivity index (χ0n) is 18.4. The van der Waals surface area contributed by atoms with Crippen molar-refractivity contribution in [3.05, 3.63) is 41.2 Å². The van der Waals surface area contributed by atoms with Crippen molar-refractivity contribution >= 4 is 28.0 Å². The number of rotatable bonds is 6. The minimum Gasteiger partial charge on any atom is -0.336 e. The molecule has 162 valence electrons. The van der Waals surface area contributed by atoms with Crippen LogP contribution in [0.2, 0.25) is 0 Å². The third-order valence-electron chi connectivity index (χ3n) is 6.97. The average Bonchev–Trinajstić information content (AvgIpc) is 3.32. The molecule has 6 heteroatoms. The van der Waals surface area contributed by atoms with Crippen LogP contribution in [0.1, 0.15) is 62.6 Å². The van der Waals surface area contributed by atoms with E-state index in [-0.39, 0.29) is 5.91 Å². The van der Waals surface area contributed by atoms with E-state index in [2.05, 4.69) is 51.3 Å². The summed E-state index contributed by atoms with van der Waals surface area (Å²) in [4.78, 5) is 20.1. The molecule has 2 aliphatic heterocycles. The monoisotopic (exact) mass is 434 g/mol. The summed E-state index contributed by atoms with van der Waals surface area (Å²) in [5, 5.41) is 12.5. The molecule has 31 heavy (non-hydrogen) atoms. The van der Waals surface area contributed by atoms with Crippen LogP contribution in [0.4, 0.5) is 0 Å². The second-order valence-electron chi connectivity index (χ2n) is 9.21. The van der Waals surface area contributed by atoms with E-state index in [9.17, 15) is 4.79 Å². The Hall–Kier alpha value is -2.34. The third-order valence-corrected chi connectivity index (χ3v) is 7.86. The van der Waals surface area contributed by atoms with Crippen LogP contribution < -0.4 is 0 Å². The molecule has 0 saturated carbocycles. The molecule has 0 aliphatic carbocycles. The Labute approximate surface area is 187 Å². The highest BCUT2D eigenvalue weighted by molar-refractivity contribution is 7.14. The number of hydrogen-bond donors (Lipinski definition) is 0. The van der Waals surface area contributed by atoms with Crippen LogP contribution in [-0.4, -0.2) is 38.1 Å². The Morgan fingerprint density at radius 2 is 1.94 bits per heavy atom. The summed E-state index contributed by atoms with van der Waals surface area (Å²) >= 11 is 1.60. The van der Waals surface area contributed by atoms with E-state index < -0.39 is 0 Å². The van der Waals surface area contributed by atoms with Crippen molar-refractivity contribution in [3.8, 4) is 10.6 Å². The first-order valence-electron chi connectivity index (χ1n) is 11.6. The molecule has 2 aliphatic rings. The molecule has 1 amide bonds. The molecule has 2 fully saturated rings. The first-order valence-corrected chi connectivity index (χ1v) is 12.4. The van der Waals surface area contributed by atoms with E-state index >= 15 is 0 Å². The number of piperidine rings is 1. The first-order chi connectivity index (χ1) is 15.1. The van der Waals surface area contributed by atoms with Crippen LogP contribution in [0, 0.1) is 12.8 Å². The van der Waals surface area contributed by atoms with Crippen molar-refractivity contribution in [1.29, 1.82) is 0 Å². The molecule has 2 bridgehead atoms.